The first kappa shape index (κ1) is 31.1. The zero-order valence-electron chi connectivity index (χ0n) is 25.6. The monoisotopic (exact) mass is 624 g/mol. The molecule has 3 aliphatic rings. The van der Waals surface area contributed by atoms with Gasteiger partial charge in [0, 0.05) is 63.0 Å². The summed E-state index contributed by atoms with van der Waals surface area (Å²) in [5.74, 6) is 0.487. The van der Waals surface area contributed by atoms with Crippen LogP contribution in [-0.4, -0.2) is 73.3 Å². The summed E-state index contributed by atoms with van der Waals surface area (Å²) >= 11 is 0. The van der Waals surface area contributed by atoms with Crippen LogP contribution in [-0.2, 0) is 35.0 Å². The molecule has 2 aromatic carbocycles. The lowest BCUT2D eigenvalue weighted by atomic mass is 9.98. The lowest BCUT2D eigenvalue weighted by Crippen LogP contribution is -2.48. The van der Waals surface area contributed by atoms with Crippen molar-refractivity contribution in [2.75, 3.05) is 55.9 Å². The van der Waals surface area contributed by atoms with Crippen molar-refractivity contribution in [2.45, 2.75) is 63.3 Å². The molecule has 0 atom stereocenters. The fourth-order valence-electron chi connectivity index (χ4n) is 6.77. The van der Waals surface area contributed by atoms with Gasteiger partial charge in [-0.15, -0.1) is 0 Å². The van der Waals surface area contributed by atoms with E-state index >= 15 is 0 Å². The first-order chi connectivity index (χ1) is 21.7. The molecule has 0 unspecified atom stereocenters. The van der Waals surface area contributed by atoms with Crippen LogP contribution in [0, 0.1) is 0 Å². The number of nitrogens with one attached hydrogen (secondary N) is 2. The van der Waals surface area contributed by atoms with E-state index < -0.39 is 11.7 Å². The van der Waals surface area contributed by atoms with Gasteiger partial charge in [-0.05, 0) is 67.9 Å². The summed E-state index contributed by atoms with van der Waals surface area (Å²) in [5, 5.41) is 5.86. The molecule has 3 aromatic rings. The first-order valence-corrected chi connectivity index (χ1v) is 15.5. The summed E-state index contributed by atoms with van der Waals surface area (Å²) in [4.78, 5) is 25.1. The summed E-state index contributed by atoms with van der Waals surface area (Å²) in [6, 6.07) is 11.8. The van der Waals surface area contributed by atoms with E-state index in [0.29, 0.717) is 35.7 Å². The molecule has 0 saturated carbocycles. The number of amides is 1. The van der Waals surface area contributed by atoms with E-state index in [0.717, 1.165) is 74.9 Å². The van der Waals surface area contributed by atoms with Crippen LogP contribution in [0.2, 0.25) is 0 Å². The fourth-order valence-corrected chi connectivity index (χ4v) is 6.77. The number of hydrogen-bond acceptors (Lipinski definition) is 8. The minimum atomic E-state index is -4.60. The average Bonchev–Trinajstić information content (AvgIpc) is 3.44. The van der Waals surface area contributed by atoms with Crippen LogP contribution in [0.4, 0.5) is 36.2 Å². The van der Waals surface area contributed by atoms with Crippen LogP contribution < -0.4 is 20.3 Å². The number of aromatic nitrogens is 2. The number of likely N-dealkylation sites (tertiary alicyclic amines) is 1. The van der Waals surface area contributed by atoms with E-state index in [-0.39, 0.29) is 30.4 Å². The second-order valence-electron chi connectivity index (χ2n) is 11.9. The normalized spacial score (nSPS) is 18.2. The van der Waals surface area contributed by atoms with Gasteiger partial charge < -0.3 is 29.9 Å². The molecule has 2 fully saturated rings. The highest BCUT2D eigenvalue weighted by Gasteiger charge is 2.35. The van der Waals surface area contributed by atoms with Gasteiger partial charge in [0.2, 0.25) is 11.9 Å². The Morgan fingerprint density at radius 1 is 1.02 bits per heavy atom. The number of aryl methyl sites for hydroxylation is 2. The number of rotatable bonds is 9. The van der Waals surface area contributed by atoms with Crippen molar-refractivity contribution in [2.24, 2.45) is 0 Å². The van der Waals surface area contributed by atoms with Gasteiger partial charge in [0.15, 0.2) is 0 Å². The number of ether oxygens (including phenoxy) is 2. The molecule has 2 saturated heterocycles. The number of halogens is 3. The molecule has 0 radical (unpaired) electrons. The van der Waals surface area contributed by atoms with Crippen LogP contribution >= 0.6 is 0 Å². The Hall–Kier alpha value is -3.90. The molecule has 6 rings (SSSR count). The lowest BCUT2D eigenvalue weighted by molar-refractivity contribution is -0.138. The third-order valence-electron chi connectivity index (χ3n) is 9.28. The van der Waals surface area contributed by atoms with E-state index in [9.17, 15) is 18.0 Å². The molecular formula is C33H39F3N6O3. The number of carbonyl (C=O) groups excluding carboxylic acids is 1. The van der Waals surface area contributed by atoms with Crippen LogP contribution in [0.5, 0.6) is 5.75 Å². The zero-order valence-corrected chi connectivity index (χ0v) is 25.6. The molecule has 12 heteroatoms. The number of hydrogen-bond donors (Lipinski definition) is 2. The van der Waals surface area contributed by atoms with Crippen molar-refractivity contribution in [3.8, 4) is 5.75 Å². The molecular weight excluding hydrogens is 585 g/mol. The van der Waals surface area contributed by atoms with Gasteiger partial charge in [0.25, 0.3) is 0 Å². The number of nitrogens with zero attached hydrogens (tertiary/aromatic N) is 4. The third kappa shape index (κ3) is 7.01. The number of fused-ring (bicyclic) bond motifs is 1. The summed E-state index contributed by atoms with van der Waals surface area (Å²) in [6.07, 6.45) is 1.50. The minimum Gasteiger partial charge on any atom is -0.494 e. The molecule has 0 bridgehead atoms. The Balaban J connectivity index is 1.13. The van der Waals surface area contributed by atoms with Crippen molar-refractivity contribution in [3.63, 3.8) is 0 Å². The zero-order chi connectivity index (χ0) is 31.6. The topological polar surface area (TPSA) is 91.9 Å². The van der Waals surface area contributed by atoms with Crippen molar-refractivity contribution < 1.29 is 27.4 Å². The van der Waals surface area contributed by atoms with Crippen LogP contribution in [0.1, 0.15) is 48.1 Å². The Morgan fingerprint density at radius 2 is 1.80 bits per heavy atom. The molecule has 0 aliphatic carbocycles. The maximum Gasteiger partial charge on any atom is 0.419 e. The first-order valence-electron chi connectivity index (χ1n) is 15.5. The third-order valence-corrected chi connectivity index (χ3v) is 9.28. The number of benzene rings is 2. The molecule has 9 nitrogen and oxygen atoms in total. The van der Waals surface area contributed by atoms with Crippen molar-refractivity contribution in [1.29, 1.82) is 0 Å². The van der Waals surface area contributed by atoms with Crippen molar-refractivity contribution in [3.05, 3.63) is 65.0 Å². The molecule has 45 heavy (non-hydrogen) atoms. The Labute approximate surface area is 261 Å². The van der Waals surface area contributed by atoms with Gasteiger partial charge in [-0.1, -0.05) is 12.1 Å². The Morgan fingerprint density at radius 3 is 2.51 bits per heavy atom. The number of piperidine rings is 2. The summed E-state index contributed by atoms with van der Waals surface area (Å²) in [5.41, 5.74) is 2.97. The summed E-state index contributed by atoms with van der Waals surface area (Å²) in [6.45, 7) is 4.03. The number of carbonyl (C=O) groups is 1. The van der Waals surface area contributed by atoms with Gasteiger partial charge >= 0.3 is 6.18 Å². The Kier molecular flexibility index (Phi) is 9.14. The number of methoxy groups -OCH3 is 2. The Bertz CT molecular complexity index is 1520. The van der Waals surface area contributed by atoms with Gasteiger partial charge in [-0.3, -0.25) is 4.79 Å². The average molecular weight is 625 g/mol. The molecule has 1 amide bonds. The summed E-state index contributed by atoms with van der Waals surface area (Å²) < 4.78 is 52.9. The predicted molar refractivity (Wildman–Crippen MR) is 166 cm³/mol. The maximum absolute atomic E-state index is 13.9. The van der Waals surface area contributed by atoms with Crippen molar-refractivity contribution in [1.82, 2.24) is 14.9 Å². The van der Waals surface area contributed by atoms with E-state index in [4.69, 9.17) is 9.47 Å². The molecule has 2 N–H and O–H groups in total. The van der Waals surface area contributed by atoms with E-state index in [1.807, 2.05) is 24.3 Å². The lowest BCUT2D eigenvalue weighted by Gasteiger charge is -2.42. The highest BCUT2D eigenvalue weighted by atomic mass is 19.4. The van der Waals surface area contributed by atoms with Gasteiger partial charge in [0.05, 0.1) is 36.6 Å². The molecule has 4 heterocycles. The highest BCUT2D eigenvalue weighted by molar-refractivity contribution is 5.99. The second-order valence-corrected chi connectivity index (χ2v) is 11.9. The standard InChI is InChI=1S/C33H39F3N6O3/c1-44-24-12-16-41(17-13-24)22-10-14-42(15-11-22)23-7-9-29(30(18-23)45-2)40-32-37-20-26(33(34,35)36)28(39-32)8-6-21-4-3-5-27-25(21)19-31(43)38-27/h3-5,7,9,18,20,22,24H,6,8,10-17,19H2,1-2H3,(H,38,43)(H,37,39,40). The fraction of sp³-hybridized carbons (Fsp3) is 0.485. The number of alkyl halides is 3. The van der Waals surface area contributed by atoms with Crippen LogP contribution in [0.25, 0.3) is 0 Å². The quantitative estimate of drug-likeness (QED) is 0.318. The van der Waals surface area contributed by atoms with Crippen molar-refractivity contribution >= 4 is 28.9 Å². The van der Waals surface area contributed by atoms with Crippen LogP contribution in [0.3, 0.4) is 0 Å². The molecule has 1 aromatic heterocycles. The highest BCUT2D eigenvalue weighted by Crippen LogP contribution is 2.36. The van der Waals surface area contributed by atoms with E-state index in [2.05, 4.69) is 30.4 Å². The van der Waals surface area contributed by atoms with E-state index in [1.54, 1.807) is 26.4 Å². The van der Waals surface area contributed by atoms with Gasteiger partial charge in [-0.25, -0.2) is 9.97 Å². The minimum absolute atomic E-state index is 0.0348. The van der Waals surface area contributed by atoms with E-state index in [1.165, 1.54) is 0 Å². The molecule has 0 spiro atoms. The molecule has 3 aliphatic heterocycles. The SMILES string of the molecule is COc1cc(N2CCC(N3CCC(OC)CC3)CC2)ccc1Nc1ncc(C(F)(F)F)c(CCc2cccc3c2CC(=O)N3)n1. The largest absolute Gasteiger partial charge is 0.494 e. The maximum atomic E-state index is 13.9. The summed E-state index contributed by atoms with van der Waals surface area (Å²) in [7, 11) is 3.36. The second kappa shape index (κ2) is 13.2. The molecule has 240 valence electrons. The number of anilines is 4. The smallest absolute Gasteiger partial charge is 0.419 e. The van der Waals surface area contributed by atoms with Gasteiger partial charge in [-0.2, -0.15) is 13.2 Å². The van der Waals surface area contributed by atoms with Gasteiger partial charge in [0.1, 0.15) is 5.75 Å². The predicted octanol–water partition coefficient (Wildman–Crippen LogP) is 5.61. The van der Waals surface area contributed by atoms with Crippen LogP contribution in [0.15, 0.2) is 42.6 Å².